The molecule has 3 rings (SSSR count). The summed E-state index contributed by atoms with van der Waals surface area (Å²) >= 11 is 0. The van der Waals surface area contributed by atoms with Crippen LogP contribution in [0.2, 0.25) is 0 Å². The third-order valence-corrected chi connectivity index (χ3v) is 5.29. The molecular weight excluding hydrogens is 410 g/mol. The highest BCUT2D eigenvalue weighted by Crippen LogP contribution is 2.40. The molecule has 0 bridgehead atoms. The van der Waals surface area contributed by atoms with E-state index in [1.165, 1.54) is 4.90 Å². The molecule has 1 amide bonds. The summed E-state index contributed by atoms with van der Waals surface area (Å²) in [4.78, 5) is 27.3. The average Bonchev–Trinajstić information content (AvgIpc) is 3.04. The van der Waals surface area contributed by atoms with Gasteiger partial charge in [-0.15, -0.1) is 0 Å². The van der Waals surface area contributed by atoms with E-state index < -0.39 is 17.7 Å². The number of amides is 1. The van der Waals surface area contributed by atoms with Crippen LogP contribution in [0.5, 0.6) is 11.5 Å². The minimum Gasteiger partial charge on any atom is -0.507 e. The van der Waals surface area contributed by atoms with Crippen molar-refractivity contribution >= 4 is 17.4 Å². The second kappa shape index (κ2) is 10.3. The molecule has 0 radical (unpaired) electrons. The lowest BCUT2D eigenvalue weighted by Crippen LogP contribution is -2.30. The molecule has 2 N–H and O–H groups in total. The van der Waals surface area contributed by atoms with E-state index in [1.54, 1.807) is 42.5 Å². The molecule has 1 heterocycles. The Morgan fingerprint density at radius 2 is 1.88 bits per heavy atom. The van der Waals surface area contributed by atoms with Crippen molar-refractivity contribution in [2.45, 2.75) is 33.2 Å². The van der Waals surface area contributed by atoms with Gasteiger partial charge in [-0.3, -0.25) is 9.59 Å². The zero-order chi connectivity index (χ0) is 23.3. The number of rotatable bonds is 9. The first-order valence-electron chi connectivity index (χ1n) is 10.8. The van der Waals surface area contributed by atoms with Gasteiger partial charge in [0.15, 0.2) is 0 Å². The predicted octanol–water partition coefficient (Wildman–Crippen LogP) is 3.60. The maximum atomic E-state index is 13.0. The summed E-state index contributed by atoms with van der Waals surface area (Å²) in [5, 5.41) is 20.2. The van der Waals surface area contributed by atoms with Gasteiger partial charge in [-0.1, -0.05) is 19.1 Å². The highest BCUT2D eigenvalue weighted by atomic mass is 16.5. The number of aliphatic hydroxyl groups excluding tert-OH is 2. The molecule has 0 saturated carbocycles. The van der Waals surface area contributed by atoms with Crippen molar-refractivity contribution < 1.29 is 29.3 Å². The first-order valence-corrected chi connectivity index (χ1v) is 10.8. The number of Topliss-reactive ketones (excluding diaryl/α,β-unsaturated/α-hetero) is 1. The molecule has 1 aliphatic rings. The van der Waals surface area contributed by atoms with Gasteiger partial charge in [0.1, 0.15) is 23.9 Å². The minimum absolute atomic E-state index is 0.0475. The van der Waals surface area contributed by atoms with Gasteiger partial charge in [0.25, 0.3) is 11.7 Å². The fourth-order valence-corrected chi connectivity index (χ4v) is 3.91. The number of ether oxygens (including phenoxy) is 2. The van der Waals surface area contributed by atoms with E-state index in [9.17, 15) is 14.7 Å². The van der Waals surface area contributed by atoms with Crippen molar-refractivity contribution in [1.82, 2.24) is 4.90 Å². The van der Waals surface area contributed by atoms with Gasteiger partial charge < -0.3 is 24.6 Å². The van der Waals surface area contributed by atoms with Crippen LogP contribution in [0.25, 0.3) is 5.76 Å². The van der Waals surface area contributed by atoms with E-state index >= 15 is 0 Å². The van der Waals surface area contributed by atoms with Crippen LogP contribution in [-0.4, -0.2) is 53.2 Å². The molecule has 170 valence electrons. The van der Waals surface area contributed by atoms with Crippen LogP contribution >= 0.6 is 0 Å². The summed E-state index contributed by atoms with van der Waals surface area (Å²) < 4.78 is 11.1. The fraction of sp³-hybridized carbons (Fsp3) is 0.360. The number of aliphatic hydroxyl groups is 2. The summed E-state index contributed by atoms with van der Waals surface area (Å²) in [5.41, 5.74) is 1.95. The van der Waals surface area contributed by atoms with E-state index in [0.717, 1.165) is 5.56 Å². The number of aryl methyl sites for hydroxylation is 1. The van der Waals surface area contributed by atoms with Crippen LogP contribution in [-0.2, 0) is 9.59 Å². The molecule has 7 heteroatoms. The molecule has 0 aliphatic carbocycles. The van der Waals surface area contributed by atoms with Gasteiger partial charge in [0.05, 0.1) is 24.8 Å². The summed E-state index contributed by atoms with van der Waals surface area (Å²) in [5.74, 6) is -0.368. The van der Waals surface area contributed by atoms with E-state index in [-0.39, 0.29) is 24.5 Å². The maximum absolute atomic E-state index is 13.0. The Bertz CT molecular complexity index is 1030. The van der Waals surface area contributed by atoms with Gasteiger partial charge in [0.2, 0.25) is 0 Å². The number of benzene rings is 2. The number of carbonyl (C=O) groups excluding carboxylic acids is 2. The largest absolute Gasteiger partial charge is 0.507 e. The number of hydrogen-bond donors (Lipinski definition) is 2. The smallest absolute Gasteiger partial charge is 0.295 e. The van der Waals surface area contributed by atoms with Crippen molar-refractivity contribution in [1.29, 1.82) is 0 Å². The van der Waals surface area contributed by atoms with Gasteiger partial charge in [-0.05, 0) is 61.7 Å². The molecule has 2 aromatic carbocycles. The highest BCUT2D eigenvalue weighted by molar-refractivity contribution is 6.46. The Morgan fingerprint density at radius 3 is 2.53 bits per heavy atom. The van der Waals surface area contributed by atoms with Crippen molar-refractivity contribution in [2.24, 2.45) is 0 Å². The van der Waals surface area contributed by atoms with E-state index in [0.29, 0.717) is 42.2 Å². The molecule has 1 unspecified atom stereocenters. The van der Waals surface area contributed by atoms with Crippen molar-refractivity contribution in [3.05, 3.63) is 64.7 Å². The summed E-state index contributed by atoms with van der Waals surface area (Å²) in [7, 11) is 0. The second-order valence-corrected chi connectivity index (χ2v) is 7.55. The zero-order valence-electron chi connectivity index (χ0n) is 18.6. The van der Waals surface area contributed by atoms with Crippen LogP contribution in [0, 0.1) is 6.92 Å². The Morgan fingerprint density at radius 1 is 1.09 bits per heavy atom. The molecule has 1 atom stereocenters. The SMILES string of the molecule is CCCN1C(=O)C(=O)/C(=C(/O)c2ccc(OCC)c(C)c2)C1c1cccc(OCCO)c1. The molecule has 1 saturated heterocycles. The number of carbonyl (C=O) groups is 2. The molecule has 1 aliphatic heterocycles. The van der Waals surface area contributed by atoms with E-state index in [2.05, 4.69) is 0 Å². The summed E-state index contributed by atoms with van der Waals surface area (Å²) in [6.07, 6.45) is 0.659. The van der Waals surface area contributed by atoms with Gasteiger partial charge >= 0.3 is 0 Å². The lowest BCUT2D eigenvalue weighted by molar-refractivity contribution is -0.139. The average molecular weight is 440 g/mol. The van der Waals surface area contributed by atoms with Crippen molar-refractivity contribution in [3.8, 4) is 11.5 Å². The molecule has 7 nitrogen and oxygen atoms in total. The van der Waals surface area contributed by atoms with Crippen LogP contribution < -0.4 is 9.47 Å². The fourth-order valence-electron chi connectivity index (χ4n) is 3.91. The molecule has 32 heavy (non-hydrogen) atoms. The van der Waals surface area contributed by atoms with Crippen LogP contribution in [0.4, 0.5) is 0 Å². The molecular formula is C25H29NO6. The quantitative estimate of drug-likeness (QED) is 0.352. The van der Waals surface area contributed by atoms with Gasteiger partial charge in [-0.25, -0.2) is 0 Å². The Kier molecular flexibility index (Phi) is 7.53. The topological polar surface area (TPSA) is 96.3 Å². The maximum Gasteiger partial charge on any atom is 0.295 e. The molecule has 0 spiro atoms. The van der Waals surface area contributed by atoms with E-state index in [4.69, 9.17) is 14.6 Å². The van der Waals surface area contributed by atoms with Crippen LogP contribution in [0.15, 0.2) is 48.0 Å². The summed E-state index contributed by atoms with van der Waals surface area (Å²) in [6, 6.07) is 11.4. The third-order valence-electron chi connectivity index (χ3n) is 5.29. The Labute approximate surface area is 187 Å². The van der Waals surface area contributed by atoms with Gasteiger partial charge in [0, 0.05) is 12.1 Å². The molecule has 2 aromatic rings. The normalized spacial score (nSPS) is 17.6. The standard InChI is InChI=1S/C25H29NO6/c1-4-11-26-22(17-7-6-8-19(15-17)32-13-12-27)21(24(29)25(26)30)23(28)18-9-10-20(31-5-2)16(3)14-18/h6-10,14-15,22,27-28H,4-5,11-13H2,1-3H3/b23-21+. The highest BCUT2D eigenvalue weighted by Gasteiger charge is 2.45. The number of likely N-dealkylation sites (tertiary alicyclic amines) is 1. The monoisotopic (exact) mass is 439 g/mol. The van der Waals surface area contributed by atoms with Gasteiger partial charge in [-0.2, -0.15) is 0 Å². The number of hydrogen-bond acceptors (Lipinski definition) is 6. The molecule has 0 aromatic heterocycles. The lowest BCUT2D eigenvalue weighted by Gasteiger charge is -2.25. The number of ketones is 1. The van der Waals surface area contributed by atoms with E-state index in [1.807, 2.05) is 20.8 Å². The van der Waals surface area contributed by atoms with Crippen molar-refractivity contribution in [3.63, 3.8) is 0 Å². The predicted molar refractivity (Wildman–Crippen MR) is 121 cm³/mol. The first-order chi connectivity index (χ1) is 15.4. The second-order valence-electron chi connectivity index (χ2n) is 7.55. The Balaban J connectivity index is 2.12. The number of nitrogens with zero attached hydrogens (tertiary/aromatic N) is 1. The minimum atomic E-state index is -0.737. The molecule has 1 fully saturated rings. The van der Waals surface area contributed by atoms with Crippen LogP contribution in [0.3, 0.4) is 0 Å². The summed E-state index contributed by atoms with van der Waals surface area (Å²) in [6.45, 7) is 6.56. The lowest BCUT2D eigenvalue weighted by atomic mass is 9.94. The zero-order valence-corrected chi connectivity index (χ0v) is 18.6. The van der Waals surface area contributed by atoms with Crippen LogP contribution in [0.1, 0.15) is 43.0 Å². The Hall–Kier alpha value is -3.32. The first kappa shape index (κ1) is 23.3. The van der Waals surface area contributed by atoms with Crippen molar-refractivity contribution in [2.75, 3.05) is 26.4 Å². The third kappa shape index (κ3) is 4.62.